The van der Waals surface area contributed by atoms with Gasteiger partial charge < -0.3 is 14.4 Å². The molecule has 0 aliphatic carbocycles. The number of nitro benzene ring substituents is 1. The van der Waals surface area contributed by atoms with Crippen molar-refractivity contribution < 1.29 is 9.72 Å². The molecule has 0 spiro atoms. The number of non-ortho nitro benzene ring substituents is 1. The van der Waals surface area contributed by atoms with Crippen molar-refractivity contribution in [3.05, 3.63) is 52.3 Å². The monoisotopic (exact) mass is 342 g/mol. The van der Waals surface area contributed by atoms with Gasteiger partial charge in [0.15, 0.2) is 0 Å². The number of carbonyl (C=O) groups excluding carboxylic acids is 1. The number of amides is 1. The predicted molar refractivity (Wildman–Crippen MR) is 96.3 cm³/mol. The zero-order chi connectivity index (χ0) is 18.0. The predicted octanol–water partition coefficient (Wildman–Crippen LogP) is 3.33. The van der Waals surface area contributed by atoms with E-state index in [1.165, 1.54) is 12.1 Å². The number of aromatic nitrogens is 1. The zero-order valence-electron chi connectivity index (χ0n) is 14.5. The van der Waals surface area contributed by atoms with Crippen LogP contribution in [0.4, 0.5) is 17.1 Å². The Morgan fingerprint density at radius 3 is 2.40 bits per heavy atom. The third-order valence-electron chi connectivity index (χ3n) is 4.60. The average Bonchev–Trinajstić information content (AvgIpc) is 3.25. The van der Waals surface area contributed by atoms with Crippen molar-refractivity contribution in [3.8, 4) is 0 Å². The Labute approximate surface area is 146 Å². The number of carbonyl (C=O) groups is 1. The fourth-order valence-electron chi connectivity index (χ4n) is 3.26. The summed E-state index contributed by atoms with van der Waals surface area (Å²) in [6, 6.07) is 8.35. The Morgan fingerprint density at radius 2 is 1.84 bits per heavy atom. The molecule has 2 aromatic rings. The lowest BCUT2D eigenvalue weighted by atomic mass is 10.2. The molecule has 1 aromatic carbocycles. The van der Waals surface area contributed by atoms with E-state index in [1.807, 2.05) is 40.6 Å². The summed E-state index contributed by atoms with van der Waals surface area (Å²) in [4.78, 5) is 27.0. The van der Waals surface area contributed by atoms with Crippen molar-refractivity contribution in [2.24, 2.45) is 7.05 Å². The Hall–Kier alpha value is -2.83. The van der Waals surface area contributed by atoms with E-state index in [0.29, 0.717) is 12.2 Å². The third-order valence-corrected chi connectivity index (χ3v) is 4.60. The number of likely N-dealkylation sites (tertiary alicyclic amines) is 1. The SMILES string of the molecule is CCN(c1ccc([N+](=O)[O-])cc1)c1cc(C(=O)N2CCCC2)n(C)c1. The molecule has 0 atom stereocenters. The fourth-order valence-corrected chi connectivity index (χ4v) is 3.26. The van der Waals surface area contributed by atoms with Crippen LogP contribution >= 0.6 is 0 Å². The van der Waals surface area contributed by atoms with E-state index in [1.54, 1.807) is 12.1 Å². The number of hydrogen-bond acceptors (Lipinski definition) is 4. The van der Waals surface area contributed by atoms with Crippen molar-refractivity contribution >= 4 is 23.0 Å². The summed E-state index contributed by atoms with van der Waals surface area (Å²) in [5, 5.41) is 10.8. The van der Waals surface area contributed by atoms with Crippen LogP contribution in [0.25, 0.3) is 0 Å². The Kier molecular flexibility index (Phi) is 4.74. The van der Waals surface area contributed by atoms with Crippen LogP contribution in [0.3, 0.4) is 0 Å². The first kappa shape index (κ1) is 17.0. The van der Waals surface area contributed by atoms with Gasteiger partial charge in [-0.05, 0) is 38.0 Å². The zero-order valence-corrected chi connectivity index (χ0v) is 14.5. The van der Waals surface area contributed by atoms with E-state index in [9.17, 15) is 14.9 Å². The van der Waals surface area contributed by atoms with Crippen molar-refractivity contribution in [1.29, 1.82) is 0 Å². The molecule has 1 saturated heterocycles. The van der Waals surface area contributed by atoms with Crippen LogP contribution in [0.15, 0.2) is 36.5 Å². The number of nitro groups is 1. The lowest BCUT2D eigenvalue weighted by molar-refractivity contribution is -0.384. The van der Waals surface area contributed by atoms with Gasteiger partial charge in [-0.2, -0.15) is 0 Å². The maximum Gasteiger partial charge on any atom is 0.270 e. The normalized spacial score (nSPS) is 13.9. The van der Waals surface area contributed by atoms with Gasteiger partial charge in [0.25, 0.3) is 11.6 Å². The quantitative estimate of drug-likeness (QED) is 0.617. The minimum atomic E-state index is -0.407. The maximum atomic E-state index is 12.7. The van der Waals surface area contributed by atoms with Crippen LogP contribution in [0.1, 0.15) is 30.3 Å². The second-order valence-electron chi connectivity index (χ2n) is 6.21. The highest BCUT2D eigenvalue weighted by Crippen LogP contribution is 2.29. The standard InChI is InChI=1S/C18H22N4O3/c1-3-21(14-6-8-15(9-7-14)22(24)25)16-12-17(19(2)13-16)18(23)20-10-4-5-11-20/h6-9,12-13H,3-5,10-11H2,1-2H3. The second-order valence-corrected chi connectivity index (χ2v) is 6.21. The van der Waals surface area contributed by atoms with Crippen LogP contribution in [0.2, 0.25) is 0 Å². The van der Waals surface area contributed by atoms with Crippen LogP contribution < -0.4 is 4.90 Å². The Balaban J connectivity index is 1.87. The molecule has 7 heteroatoms. The van der Waals surface area contributed by atoms with Gasteiger partial charge in [0.1, 0.15) is 5.69 Å². The van der Waals surface area contributed by atoms with Crippen molar-refractivity contribution in [2.45, 2.75) is 19.8 Å². The summed E-state index contributed by atoms with van der Waals surface area (Å²) in [6.45, 7) is 4.34. The Bertz CT molecular complexity index is 776. The van der Waals surface area contributed by atoms with Gasteiger partial charge >= 0.3 is 0 Å². The molecule has 1 aliphatic rings. The van der Waals surface area contributed by atoms with Gasteiger partial charge in [-0.1, -0.05) is 0 Å². The third kappa shape index (κ3) is 3.35. The summed E-state index contributed by atoms with van der Waals surface area (Å²) >= 11 is 0. The van der Waals surface area contributed by atoms with Gasteiger partial charge in [0, 0.05) is 50.7 Å². The molecule has 7 nitrogen and oxygen atoms in total. The molecule has 1 fully saturated rings. The number of anilines is 2. The highest BCUT2D eigenvalue weighted by molar-refractivity contribution is 5.94. The summed E-state index contributed by atoms with van der Waals surface area (Å²) in [7, 11) is 1.87. The molecule has 1 aliphatic heterocycles. The van der Waals surface area contributed by atoms with Gasteiger partial charge in [0.05, 0.1) is 10.6 Å². The highest BCUT2D eigenvalue weighted by Gasteiger charge is 2.23. The van der Waals surface area contributed by atoms with E-state index in [-0.39, 0.29) is 11.6 Å². The molecule has 0 N–H and O–H groups in total. The van der Waals surface area contributed by atoms with Crippen LogP contribution in [0.5, 0.6) is 0 Å². The average molecular weight is 342 g/mol. The minimum Gasteiger partial charge on any atom is -0.344 e. The molecule has 25 heavy (non-hydrogen) atoms. The number of hydrogen-bond donors (Lipinski definition) is 0. The van der Waals surface area contributed by atoms with Gasteiger partial charge in [-0.25, -0.2) is 0 Å². The van der Waals surface area contributed by atoms with E-state index >= 15 is 0 Å². The molecule has 0 saturated carbocycles. The van der Waals surface area contributed by atoms with Crippen molar-refractivity contribution in [2.75, 3.05) is 24.5 Å². The number of nitrogens with zero attached hydrogens (tertiary/aromatic N) is 4. The number of rotatable bonds is 5. The van der Waals surface area contributed by atoms with E-state index in [2.05, 4.69) is 0 Å². The van der Waals surface area contributed by atoms with E-state index < -0.39 is 4.92 Å². The highest BCUT2D eigenvalue weighted by atomic mass is 16.6. The first-order chi connectivity index (χ1) is 12.0. The minimum absolute atomic E-state index is 0.0611. The largest absolute Gasteiger partial charge is 0.344 e. The molecular weight excluding hydrogens is 320 g/mol. The van der Waals surface area contributed by atoms with Gasteiger partial charge in [-0.15, -0.1) is 0 Å². The fraction of sp³-hybridized carbons (Fsp3) is 0.389. The second kappa shape index (κ2) is 6.96. The lowest BCUT2D eigenvalue weighted by Crippen LogP contribution is -2.29. The van der Waals surface area contributed by atoms with Crippen LogP contribution in [-0.4, -0.2) is 39.9 Å². The molecule has 3 rings (SSSR count). The molecule has 0 radical (unpaired) electrons. The smallest absolute Gasteiger partial charge is 0.270 e. The summed E-state index contributed by atoms with van der Waals surface area (Å²) < 4.78 is 1.85. The maximum absolute atomic E-state index is 12.7. The molecule has 0 bridgehead atoms. The van der Waals surface area contributed by atoms with E-state index in [0.717, 1.165) is 37.3 Å². The van der Waals surface area contributed by atoms with Gasteiger partial charge in [-0.3, -0.25) is 14.9 Å². The molecule has 132 valence electrons. The first-order valence-corrected chi connectivity index (χ1v) is 8.49. The topological polar surface area (TPSA) is 71.6 Å². The van der Waals surface area contributed by atoms with Crippen LogP contribution in [-0.2, 0) is 7.05 Å². The lowest BCUT2D eigenvalue weighted by Gasteiger charge is -2.21. The van der Waals surface area contributed by atoms with Crippen molar-refractivity contribution in [1.82, 2.24) is 9.47 Å². The van der Waals surface area contributed by atoms with Gasteiger partial charge in [0.2, 0.25) is 0 Å². The van der Waals surface area contributed by atoms with Crippen LogP contribution in [0, 0.1) is 10.1 Å². The van der Waals surface area contributed by atoms with E-state index in [4.69, 9.17) is 0 Å². The summed E-state index contributed by atoms with van der Waals surface area (Å²) in [6.07, 6.45) is 4.05. The Morgan fingerprint density at radius 1 is 1.20 bits per heavy atom. The number of benzene rings is 1. The molecular formula is C18H22N4O3. The molecule has 1 aromatic heterocycles. The first-order valence-electron chi connectivity index (χ1n) is 8.49. The molecule has 0 unspecified atom stereocenters. The molecule has 2 heterocycles. The van der Waals surface area contributed by atoms with Crippen molar-refractivity contribution in [3.63, 3.8) is 0 Å². The number of aryl methyl sites for hydroxylation is 1. The molecule has 1 amide bonds. The summed E-state index contributed by atoms with van der Waals surface area (Å²) in [5.41, 5.74) is 2.50. The summed E-state index contributed by atoms with van der Waals surface area (Å²) in [5.74, 6) is 0.0611.